The van der Waals surface area contributed by atoms with E-state index in [1.165, 1.54) is 22.4 Å². The van der Waals surface area contributed by atoms with Gasteiger partial charge in [0.15, 0.2) is 5.16 Å². The topological polar surface area (TPSA) is 17.3 Å². The van der Waals surface area contributed by atoms with E-state index in [0.717, 1.165) is 12.3 Å². The molecule has 0 saturated heterocycles. The summed E-state index contributed by atoms with van der Waals surface area (Å²) in [4.78, 5) is 3.97. The maximum atomic E-state index is 12.5. The molecule has 0 radical (unpaired) electrons. The minimum absolute atomic E-state index is 0.0441. The molecule has 0 aliphatic heterocycles. The van der Waals surface area contributed by atoms with Crippen LogP contribution in [0.15, 0.2) is 23.6 Å². The Hall–Kier alpha value is -0.880. The maximum absolute atomic E-state index is 12.5. The van der Waals surface area contributed by atoms with Gasteiger partial charge in [0, 0.05) is 6.20 Å². The van der Waals surface area contributed by atoms with Crippen LogP contribution in [0.25, 0.3) is 5.52 Å². The predicted octanol–water partition coefficient (Wildman–Crippen LogP) is 3.73. The number of imidazole rings is 1. The Kier molecular flexibility index (Phi) is 2.79. The largest absolute Gasteiger partial charge is 0.417 e. The van der Waals surface area contributed by atoms with Gasteiger partial charge in [0.25, 0.3) is 0 Å². The number of nitrogens with zero attached hydrogens (tertiary/aromatic N) is 2. The van der Waals surface area contributed by atoms with Gasteiger partial charge in [-0.25, -0.2) is 4.98 Å². The lowest BCUT2D eigenvalue weighted by atomic mass is 10.2. The van der Waals surface area contributed by atoms with Gasteiger partial charge >= 0.3 is 6.18 Å². The summed E-state index contributed by atoms with van der Waals surface area (Å²) in [6, 6.07) is 0.905. The van der Waals surface area contributed by atoms with Gasteiger partial charge in [0.1, 0.15) is 0 Å². The van der Waals surface area contributed by atoms with Crippen molar-refractivity contribution in [2.24, 2.45) is 0 Å². The normalized spacial score (nSPS) is 12.3. The Morgan fingerprint density at radius 1 is 1.44 bits per heavy atom. The van der Waals surface area contributed by atoms with Gasteiger partial charge in [0.2, 0.25) is 0 Å². The van der Waals surface area contributed by atoms with Crippen LogP contribution < -0.4 is 0 Å². The molecule has 2 aromatic rings. The van der Waals surface area contributed by atoms with Gasteiger partial charge in [-0.1, -0.05) is 23.4 Å². The highest BCUT2D eigenvalue weighted by Gasteiger charge is 2.31. The zero-order chi connectivity index (χ0) is 11.9. The molecule has 0 aliphatic rings. The van der Waals surface area contributed by atoms with Crippen molar-refractivity contribution in [3.8, 4) is 0 Å². The number of halogens is 4. The van der Waals surface area contributed by atoms with Gasteiger partial charge in [-0.2, -0.15) is 13.2 Å². The first-order valence-electron chi connectivity index (χ1n) is 4.21. The van der Waals surface area contributed by atoms with Crippen molar-refractivity contribution in [2.75, 3.05) is 6.26 Å². The van der Waals surface area contributed by atoms with Crippen LogP contribution >= 0.6 is 23.4 Å². The van der Waals surface area contributed by atoms with Crippen LogP contribution in [0.3, 0.4) is 0 Å². The second-order valence-corrected chi connectivity index (χ2v) is 4.26. The number of thioether (sulfide) groups is 1. The summed E-state index contributed by atoms with van der Waals surface area (Å²) in [5, 5.41) is 0.519. The smallest absolute Gasteiger partial charge is 0.293 e. The molecule has 0 amide bonds. The van der Waals surface area contributed by atoms with Crippen molar-refractivity contribution in [1.82, 2.24) is 9.38 Å². The van der Waals surface area contributed by atoms with E-state index in [9.17, 15) is 13.2 Å². The molecule has 2 aromatic heterocycles. The lowest BCUT2D eigenvalue weighted by molar-refractivity contribution is -0.137. The van der Waals surface area contributed by atoms with E-state index in [1.807, 2.05) is 0 Å². The quantitative estimate of drug-likeness (QED) is 0.732. The molecule has 0 aromatic carbocycles. The third kappa shape index (κ3) is 1.87. The summed E-state index contributed by atoms with van der Waals surface area (Å²) in [5.41, 5.74) is -0.308. The van der Waals surface area contributed by atoms with Crippen LogP contribution in [-0.2, 0) is 6.18 Å². The zero-order valence-corrected chi connectivity index (χ0v) is 9.62. The summed E-state index contributed by atoms with van der Waals surface area (Å²) in [5.74, 6) is 0. The van der Waals surface area contributed by atoms with Gasteiger partial charge in [-0.3, -0.25) is 4.40 Å². The second kappa shape index (κ2) is 3.85. The van der Waals surface area contributed by atoms with Crippen molar-refractivity contribution < 1.29 is 13.2 Å². The molecule has 7 heteroatoms. The first-order valence-corrected chi connectivity index (χ1v) is 5.81. The molecule has 0 fully saturated rings. The Balaban J connectivity index is 2.73. The molecule has 2 heterocycles. The number of hydrogen-bond acceptors (Lipinski definition) is 2. The average Bonchev–Trinajstić information content (AvgIpc) is 2.59. The molecule has 16 heavy (non-hydrogen) atoms. The van der Waals surface area contributed by atoms with E-state index >= 15 is 0 Å². The highest BCUT2D eigenvalue weighted by Crippen LogP contribution is 2.33. The number of fused-ring (bicyclic) bond motifs is 1. The molecule has 0 saturated carbocycles. The molecule has 0 N–H and O–H groups in total. The maximum Gasteiger partial charge on any atom is 0.417 e. The van der Waals surface area contributed by atoms with Crippen LogP contribution in [0.4, 0.5) is 13.2 Å². The summed E-state index contributed by atoms with van der Waals surface area (Å²) in [6.07, 6.45) is -0.213. The second-order valence-electron chi connectivity index (χ2n) is 3.07. The SMILES string of the molecule is CSc1ncc2c(Cl)cc(C(F)(F)F)cn12. The van der Waals surface area contributed by atoms with Crippen molar-refractivity contribution in [3.63, 3.8) is 0 Å². The molecule has 86 valence electrons. The minimum atomic E-state index is -4.40. The lowest BCUT2D eigenvalue weighted by Crippen LogP contribution is -2.06. The highest BCUT2D eigenvalue weighted by molar-refractivity contribution is 7.98. The Labute approximate surface area is 98.4 Å². The first kappa shape index (κ1) is 11.6. The number of hydrogen-bond donors (Lipinski definition) is 0. The third-order valence-corrected chi connectivity index (χ3v) is 3.04. The van der Waals surface area contributed by atoms with E-state index in [4.69, 9.17) is 11.6 Å². The van der Waals surface area contributed by atoms with Crippen molar-refractivity contribution >= 4 is 28.9 Å². The summed E-state index contributed by atoms with van der Waals surface area (Å²) in [7, 11) is 0. The fourth-order valence-corrected chi connectivity index (χ4v) is 2.10. The standard InChI is InChI=1S/C9H6ClF3N2S/c1-16-8-14-3-7-6(10)2-5(4-15(7)8)9(11,12)13/h2-4H,1H3. The van der Waals surface area contributed by atoms with Crippen LogP contribution in [0.2, 0.25) is 5.02 Å². The number of aromatic nitrogens is 2. The third-order valence-electron chi connectivity index (χ3n) is 2.07. The first-order chi connectivity index (χ1) is 7.43. The molecule has 0 spiro atoms. The Bertz CT molecular complexity index is 535. The zero-order valence-electron chi connectivity index (χ0n) is 8.05. The minimum Gasteiger partial charge on any atom is -0.293 e. The fraction of sp³-hybridized carbons (Fsp3) is 0.222. The summed E-state index contributed by atoms with van der Waals surface area (Å²) in [6.45, 7) is 0. The number of rotatable bonds is 1. The van der Waals surface area contributed by atoms with Gasteiger partial charge in [0.05, 0.1) is 22.3 Å². The summed E-state index contributed by atoms with van der Waals surface area (Å²) < 4.78 is 39.0. The number of pyridine rings is 1. The fourth-order valence-electron chi connectivity index (χ4n) is 1.34. The molecule has 2 nitrogen and oxygen atoms in total. The van der Waals surface area contributed by atoms with Gasteiger partial charge < -0.3 is 0 Å². The van der Waals surface area contributed by atoms with E-state index in [-0.39, 0.29) is 5.02 Å². The van der Waals surface area contributed by atoms with Crippen molar-refractivity contribution in [3.05, 3.63) is 29.0 Å². The van der Waals surface area contributed by atoms with Gasteiger partial charge in [-0.05, 0) is 12.3 Å². The molecule has 0 atom stereocenters. The highest BCUT2D eigenvalue weighted by atomic mass is 35.5. The lowest BCUT2D eigenvalue weighted by Gasteiger charge is -2.08. The van der Waals surface area contributed by atoms with Crippen LogP contribution in [0, 0.1) is 0 Å². The van der Waals surface area contributed by atoms with E-state index in [2.05, 4.69) is 4.98 Å². The Morgan fingerprint density at radius 3 is 2.69 bits per heavy atom. The van der Waals surface area contributed by atoms with Gasteiger partial charge in [-0.15, -0.1) is 0 Å². The monoisotopic (exact) mass is 266 g/mol. The summed E-state index contributed by atoms with van der Waals surface area (Å²) >= 11 is 7.03. The van der Waals surface area contributed by atoms with E-state index in [0.29, 0.717) is 10.7 Å². The Morgan fingerprint density at radius 2 is 2.12 bits per heavy atom. The van der Waals surface area contributed by atoms with Crippen LogP contribution in [0.1, 0.15) is 5.56 Å². The van der Waals surface area contributed by atoms with Crippen LogP contribution in [-0.4, -0.2) is 15.6 Å². The molecule has 0 bridgehead atoms. The van der Waals surface area contributed by atoms with Crippen molar-refractivity contribution in [2.45, 2.75) is 11.3 Å². The molecule has 0 aliphatic carbocycles. The number of alkyl halides is 3. The van der Waals surface area contributed by atoms with Crippen LogP contribution in [0.5, 0.6) is 0 Å². The molecular formula is C9H6ClF3N2S. The van der Waals surface area contributed by atoms with E-state index in [1.54, 1.807) is 6.26 Å². The van der Waals surface area contributed by atoms with Crippen molar-refractivity contribution in [1.29, 1.82) is 0 Å². The molecule has 0 unspecified atom stereocenters. The van der Waals surface area contributed by atoms with E-state index < -0.39 is 11.7 Å². The molecule has 2 rings (SSSR count). The predicted molar refractivity (Wildman–Crippen MR) is 57.0 cm³/mol. The molecular weight excluding hydrogens is 261 g/mol. The average molecular weight is 267 g/mol.